The lowest BCUT2D eigenvalue weighted by Crippen LogP contribution is -2.05. The molecule has 0 aromatic carbocycles. The number of esters is 1. The summed E-state index contributed by atoms with van der Waals surface area (Å²) < 4.78 is 4.86. The molecule has 0 fully saturated rings. The fourth-order valence-corrected chi connectivity index (χ4v) is 1.71. The number of rotatable bonds is 3. The van der Waals surface area contributed by atoms with Crippen LogP contribution in [0.4, 0.5) is 0 Å². The van der Waals surface area contributed by atoms with Crippen LogP contribution in [0.15, 0.2) is 11.6 Å². The average Bonchev–Trinajstić information content (AvgIpc) is 2.30. The van der Waals surface area contributed by atoms with Crippen LogP contribution in [0.25, 0.3) is 0 Å². The van der Waals surface area contributed by atoms with Crippen LogP contribution in [0.5, 0.6) is 0 Å². The molecular weight excluding hydrogens is 188 g/mol. The Morgan fingerprint density at radius 2 is 2.38 bits per heavy atom. The van der Waals surface area contributed by atoms with E-state index in [9.17, 15) is 9.59 Å². The summed E-state index contributed by atoms with van der Waals surface area (Å²) in [5.74, 6) is 0.397. The number of hydrogen-bond acceptors (Lipinski definition) is 4. The van der Waals surface area contributed by atoms with E-state index < -0.39 is 0 Å². The third kappa shape index (κ3) is 2.88. The molecule has 0 aromatic rings. The summed E-state index contributed by atoms with van der Waals surface area (Å²) in [7, 11) is 0. The number of carbonyl (C=O) groups is 2. The van der Waals surface area contributed by atoms with E-state index in [0.29, 0.717) is 5.57 Å². The first-order valence-electron chi connectivity index (χ1n) is 4.20. The molecule has 4 heteroatoms. The summed E-state index contributed by atoms with van der Waals surface area (Å²) in [5, 5.41) is 0.0276. The van der Waals surface area contributed by atoms with Crippen molar-refractivity contribution in [1.29, 1.82) is 0 Å². The van der Waals surface area contributed by atoms with Crippen LogP contribution in [0.3, 0.4) is 0 Å². The Morgan fingerprint density at radius 3 is 2.85 bits per heavy atom. The highest BCUT2D eigenvalue weighted by atomic mass is 32.2. The maximum atomic E-state index is 11.2. The zero-order valence-corrected chi connectivity index (χ0v) is 8.52. The first-order chi connectivity index (χ1) is 6.13. The maximum Gasteiger partial charge on any atom is 0.334 e. The van der Waals surface area contributed by atoms with Gasteiger partial charge in [0.15, 0.2) is 5.12 Å². The topological polar surface area (TPSA) is 43.4 Å². The summed E-state index contributed by atoms with van der Waals surface area (Å²) >= 11 is 1.23. The molecule has 1 aliphatic rings. The molecule has 1 atom stereocenters. The fourth-order valence-electron chi connectivity index (χ4n) is 1.13. The molecule has 0 saturated carbocycles. The highest BCUT2D eigenvalue weighted by molar-refractivity contribution is 8.13. The Hall–Kier alpha value is -0.770. The Balaban J connectivity index is 2.49. The molecule has 72 valence electrons. The van der Waals surface area contributed by atoms with Gasteiger partial charge in [0, 0.05) is 12.0 Å². The van der Waals surface area contributed by atoms with Crippen LogP contribution >= 0.6 is 11.8 Å². The third-order valence-electron chi connectivity index (χ3n) is 1.63. The Kier molecular flexibility index (Phi) is 3.54. The highest BCUT2D eigenvalue weighted by Crippen LogP contribution is 2.19. The zero-order chi connectivity index (χ0) is 9.84. The van der Waals surface area contributed by atoms with E-state index in [1.807, 2.05) is 6.92 Å². The first-order valence-corrected chi connectivity index (χ1v) is 5.19. The number of ether oxygens (including phenoxy) is 1. The molecule has 0 aromatic heterocycles. The number of hydrogen-bond donors (Lipinski definition) is 0. The van der Waals surface area contributed by atoms with Crippen LogP contribution in [0.1, 0.15) is 20.3 Å². The summed E-state index contributed by atoms with van der Waals surface area (Å²) in [6, 6.07) is 0. The minimum atomic E-state index is -0.349. The predicted octanol–water partition coefficient (Wildman–Crippen LogP) is 1.53. The first kappa shape index (κ1) is 10.3. The van der Waals surface area contributed by atoms with E-state index in [4.69, 9.17) is 4.74 Å². The van der Waals surface area contributed by atoms with Gasteiger partial charge >= 0.3 is 5.97 Å². The van der Waals surface area contributed by atoms with Gasteiger partial charge in [-0.1, -0.05) is 18.7 Å². The van der Waals surface area contributed by atoms with E-state index in [2.05, 4.69) is 0 Å². The van der Waals surface area contributed by atoms with Crippen LogP contribution in [0.2, 0.25) is 0 Å². The molecule has 0 aliphatic carbocycles. The number of thioether (sulfide) groups is 1. The van der Waals surface area contributed by atoms with E-state index in [0.717, 1.165) is 5.75 Å². The quantitative estimate of drug-likeness (QED) is 0.648. The van der Waals surface area contributed by atoms with Crippen LogP contribution in [0, 0.1) is 0 Å². The largest absolute Gasteiger partial charge is 0.455 e. The zero-order valence-electron chi connectivity index (χ0n) is 7.70. The summed E-state index contributed by atoms with van der Waals surface area (Å²) in [6.45, 7) is 3.69. The van der Waals surface area contributed by atoms with E-state index in [-0.39, 0.29) is 23.6 Å². The molecule has 1 rings (SSSR count). The monoisotopic (exact) mass is 200 g/mol. The van der Waals surface area contributed by atoms with E-state index in [1.165, 1.54) is 11.8 Å². The smallest absolute Gasteiger partial charge is 0.334 e. The molecular formula is C9H12O3S. The SMILES string of the molecule is CCSC(=O)CC1=CC(C)OC1=O. The molecule has 13 heavy (non-hydrogen) atoms. The van der Waals surface area contributed by atoms with Gasteiger partial charge in [-0.25, -0.2) is 4.79 Å². The van der Waals surface area contributed by atoms with Crippen molar-refractivity contribution in [2.75, 3.05) is 5.75 Å². The van der Waals surface area contributed by atoms with Crippen molar-refractivity contribution in [2.45, 2.75) is 26.4 Å². The fraction of sp³-hybridized carbons (Fsp3) is 0.556. The van der Waals surface area contributed by atoms with Crippen molar-refractivity contribution in [3.63, 3.8) is 0 Å². The summed E-state index contributed by atoms with van der Waals surface area (Å²) in [6.07, 6.45) is 1.72. The van der Waals surface area contributed by atoms with E-state index in [1.54, 1.807) is 13.0 Å². The lowest BCUT2D eigenvalue weighted by atomic mass is 10.2. The lowest BCUT2D eigenvalue weighted by molar-refractivity contribution is -0.139. The summed E-state index contributed by atoms with van der Waals surface area (Å²) in [5.41, 5.74) is 0.499. The highest BCUT2D eigenvalue weighted by Gasteiger charge is 2.23. The van der Waals surface area contributed by atoms with Crippen molar-refractivity contribution >= 4 is 22.8 Å². The van der Waals surface area contributed by atoms with Gasteiger partial charge in [-0.2, -0.15) is 0 Å². The molecule has 0 spiro atoms. The molecule has 1 unspecified atom stereocenters. The molecule has 0 saturated heterocycles. The molecule has 0 N–H and O–H groups in total. The van der Waals surface area contributed by atoms with Gasteiger partial charge in [0.2, 0.25) is 0 Å². The van der Waals surface area contributed by atoms with Gasteiger partial charge in [0.05, 0.1) is 0 Å². The van der Waals surface area contributed by atoms with Crippen molar-refractivity contribution < 1.29 is 14.3 Å². The molecule has 0 bridgehead atoms. The number of carbonyl (C=O) groups excluding carboxylic acids is 2. The Bertz CT molecular complexity index is 258. The maximum absolute atomic E-state index is 11.2. The second-order valence-corrected chi connectivity index (χ2v) is 4.11. The van der Waals surface area contributed by atoms with Gasteiger partial charge in [-0.3, -0.25) is 4.79 Å². The van der Waals surface area contributed by atoms with Gasteiger partial charge < -0.3 is 4.74 Å². The molecule has 3 nitrogen and oxygen atoms in total. The summed E-state index contributed by atoms with van der Waals surface area (Å²) in [4.78, 5) is 22.2. The molecule has 0 radical (unpaired) electrons. The Morgan fingerprint density at radius 1 is 1.69 bits per heavy atom. The van der Waals surface area contributed by atoms with Gasteiger partial charge in [-0.15, -0.1) is 0 Å². The van der Waals surface area contributed by atoms with Crippen molar-refractivity contribution in [3.8, 4) is 0 Å². The standard InChI is InChI=1S/C9H12O3S/c1-3-13-8(10)5-7-4-6(2)12-9(7)11/h4,6H,3,5H2,1-2H3. The number of cyclic esters (lactones) is 1. The lowest BCUT2D eigenvalue weighted by Gasteiger charge is -1.98. The normalized spacial score (nSPS) is 21.2. The molecule has 1 heterocycles. The Labute approximate surface area is 81.5 Å². The van der Waals surface area contributed by atoms with Gasteiger partial charge in [0.25, 0.3) is 0 Å². The third-order valence-corrected chi connectivity index (χ3v) is 2.39. The van der Waals surface area contributed by atoms with Gasteiger partial charge in [0.1, 0.15) is 6.10 Å². The van der Waals surface area contributed by atoms with Crippen LogP contribution in [-0.4, -0.2) is 22.9 Å². The average molecular weight is 200 g/mol. The second kappa shape index (κ2) is 4.46. The van der Waals surface area contributed by atoms with Crippen LogP contribution in [-0.2, 0) is 14.3 Å². The molecule has 1 aliphatic heterocycles. The van der Waals surface area contributed by atoms with Crippen molar-refractivity contribution in [2.24, 2.45) is 0 Å². The molecule has 0 amide bonds. The minimum Gasteiger partial charge on any atom is -0.455 e. The van der Waals surface area contributed by atoms with Crippen molar-refractivity contribution in [1.82, 2.24) is 0 Å². The second-order valence-electron chi connectivity index (χ2n) is 2.78. The van der Waals surface area contributed by atoms with Crippen molar-refractivity contribution in [3.05, 3.63) is 11.6 Å². The van der Waals surface area contributed by atoms with E-state index >= 15 is 0 Å². The predicted molar refractivity (Wildman–Crippen MR) is 51.4 cm³/mol. The van der Waals surface area contributed by atoms with Crippen LogP contribution < -0.4 is 0 Å². The minimum absolute atomic E-state index is 0.0276. The van der Waals surface area contributed by atoms with Gasteiger partial charge in [-0.05, 0) is 18.8 Å².